The van der Waals surface area contributed by atoms with E-state index in [1.165, 1.54) is 0 Å². The van der Waals surface area contributed by atoms with Crippen LogP contribution in [0, 0.1) is 0 Å². The van der Waals surface area contributed by atoms with Crippen LogP contribution < -0.4 is 0 Å². The molecular formula is C10H22O6P2. The summed E-state index contributed by atoms with van der Waals surface area (Å²) in [6.45, 7) is 6.89. The molecule has 0 saturated heterocycles. The predicted octanol–water partition coefficient (Wildman–Crippen LogP) is 3.46. The summed E-state index contributed by atoms with van der Waals surface area (Å²) in [5.74, 6) is 0. The maximum absolute atomic E-state index is 12.5. The van der Waals surface area contributed by atoms with E-state index in [0.717, 1.165) is 0 Å². The minimum Gasteiger partial charge on any atom is -0.321 e. The van der Waals surface area contributed by atoms with Crippen molar-refractivity contribution in [2.75, 3.05) is 13.2 Å². The second-order valence-electron chi connectivity index (χ2n) is 3.48. The summed E-state index contributed by atoms with van der Waals surface area (Å²) in [6, 6.07) is 0. The minimum absolute atomic E-state index is 0.0991. The zero-order chi connectivity index (χ0) is 14.4. The maximum Gasteiger partial charge on any atom is 0.357 e. The molecule has 2 N–H and O–H groups in total. The maximum atomic E-state index is 12.5. The summed E-state index contributed by atoms with van der Waals surface area (Å²) in [5.41, 5.74) is 0. The van der Waals surface area contributed by atoms with Crippen LogP contribution in [0.1, 0.15) is 40.5 Å². The zero-order valence-electron chi connectivity index (χ0n) is 11.3. The molecule has 0 saturated carbocycles. The Labute approximate surface area is 108 Å². The van der Waals surface area contributed by atoms with Gasteiger partial charge in [-0.15, -0.1) is 0 Å². The molecule has 0 aliphatic heterocycles. The first-order valence-corrected chi connectivity index (χ1v) is 9.10. The molecule has 0 aromatic rings. The molecule has 0 rings (SSSR count). The van der Waals surface area contributed by atoms with Gasteiger partial charge < -0.3 is 18.8 Å². The molecule has 6 nitrogen and oxygen atoms in total. The van der Waals surface area contributed by atoms with Crippen LogP contribution in [0.2, 0.25) is 0 Å². The van der Waals surface area contributed by atoms with Crippen LogP contribution in [0.15, 0.2) is 10.6 Å². The normalized spacial score (nSPS) is 14.6. The third kappa shape index (κ3) is 4.61. The SMILES string of the molecule is CCOP(=O)(OCC)C(CC)=C(CC)P(=O)(O)O. The fourth-order valence-corrected chi connectivity index (χ4v) is 5.26. The summed E-state index contributed by atoms with van der Waals surface area (Å²) in [5, 5.41) is -0.0442. The molecule has 0 aromatic carbocycles. The average molecular weight is 300 g/mol. The molecular weight excluding hydrogens is 278 g/mol. The van der Waals surface area contributed by atoms with E-state index in [4.69, 9.17) is 9.05 Å². The third-order valence-electron chi connectivity index (χ3n) is 2.28. The van der Waals surface area contributed by atoms with Crippen molar-refractivity contribution in [2.24, 2.45) is 0 Å². The molecule has 108 valence electrons. The highest BCUT2D eigenvalue weighted by Crippen LogP contribution is 2.63. The highest BCUT2D eigenvalue weighted by atomic mass is 31.2. The van der Waals surface area contributed by atoms with E-state index in [9.17, 15) is 18.9 Å². The molecule has 0 atom stereocenters. The fourth-order valence-electron chi connectivity index (χ4n) is 1.67. The van der Waals surface area contributed by atoms with Crippen molar-refractivity contribution >= 4 is 15.2 Å². The first kappa shape index (κ1) is 18.0. The number of rotatable bonds is 8. The van der Waals surface area contributed by atoms with Gasteiger partial charge in [-0.2, -0.15) is 0 Å². The molecule has 0 heterocycles. The molecule has 0 radical (unpaired) electrons. The number of hydrogen-bond acceptors (Lipinski definition) is 4. The Morgan fingerprint density at radius 3 is 1.50 bits per heavy atom. The van der Waals surface area contributed by atoms with Crippen molar-refractivity contribution in [1.82, 2.24) is 0 Å². The van der Waals surface area contributed by atoms with Gasteiger partial charge in [-0.1, -0.05) is 13.8 Å². The quantitative estimate of drug-likeness (QED) is 0.667. The van der Waals surface area contributed by atoms with Crippen LogP contribution in [0.5, 0.6) is 0 Å². The molecule has 0 bridgehead atoms. The van der Waals surface area contributed by atoms with Gasteiger partial charge >= 0.3 is 15.2 Å². The smallest absolute Gasteiger partial charge is 0.321 e. The summed E-state index contributed by atoms with van der Waals surface area (Å²) >= 11 is 0. The lowest BCUT2D eigenvalue weighted by Gasteiger charge is -2.22. The lowest BCUT2D eigenvalue weighted by Crippen LogP contribution is -2.02. The molecule has 0 spiro atoms. The van der Waals surface area contributed by atoms with E-state index in [1.54, 1.807) is 27.7 Å². The van der Waals surface area contributed by atoms with Crippen LogP contribution in [-0.2, 0) is 18.2 Å². The first-order chi connectivity index (χ1) is 8.26. The van der Waals surface area contributed by atoms with Crippen LogP contribution in [0.25, 0.3) is 0 Å². The average Bonchev–Trinajstić information content (AvgIpc) is 2.24. The second-order valence-corrected chi connectivity index (χ2v) is 7.16. The number of hydrogen-bond donors (Lipinski definition) is 2. The summed E-state index contributed by atoms with van der Waals surface area (Å²) in [6.07, 6.45) is 0.323. The van der Waals surface area contributed by atoms with Crippen molar-refractivity contribution in [1.29, 1.82) is 0 Å². The van der Waals surface area contributed by atoms with Gasteiger partial charge in [0.2, 0.25) is 0 Å². The lowest BCUT2D eigenvalue weighted by atomic mass is 10.3. The molecule has 0 amide bonds. The van der Waals surface area contributed by atoms with Crippen LogP contribution in [0.3, 0.4) is 0 Å². The zero-order valence-corrected chi connectivity index (χ0v) is 13.0. The van der Waals surface area contributed by atoms with Gasteiger partial charge in [0.1, 0.15) is 0 Å². The molecule has 0 aliphatic carbocycles. The Hall–Kier alpha value is 0.0400. The van der Waals surface area contributed by atoms with Gasteiger partial charge in [0, 0.05) is 0 Å². The molecule has 8 heteroatoms. The topological polar surface area (TPSA) is 93.1 Å². The van der Waals surface area contributed by atoms with Gasteiger partial charge in [-0.25, -0.2) is 0 Å². The molecule has 0 unspecified atom stereocenters. The van der Waals surface area contributed by atoms with E-state index < -0.39 is 15.2 Å². The standard InChI is InChI=1S/C10H22O6P2/c1-5-9(17(11,12)13)10(6-2)18(14,15-7-3)16-8-4/h5-8H2,1-4H3,(H2,11,12,13). The molecule has 0 fully saturated rings. The number of allylic oxidation sites excluding steroid dienone is 2. The van der Waals surface area contributed by atoms with Crippen molar-refractivity contribution in [3.63, 3.8) is 0 Å². The van der Waals surface area contributed by atoms with Gasteiger partial charge in [-0.3, -0.25) is 9.13 Å². The van der Waals surface area contributed by atoms with E-state index in [0.29, 0.717) is 0 Å². The van der Waals surface area contributed by atoms with Gasteiger partial charge in [-0.05, 0) is 26.7 Å². The molecule has 0 aromatic heterocycles. The minimum atomic E-state index is -4.44. The van der Waals surface area contributed by atoms with Gasteiger partial charge in [0.05, 0.1) is 23.8 Å². The highest BCUT2D eigenvalue weighted by molar-refractivity contribution is 7.62. The Kier molecular flexibility index (Phi) is 7.60. The third-order valence-corrected chi connectivity index (χ3v) is 6.19. The Balaban J connectivity index is 5.82. The summed E-state index contributed by atoms with van der Waals surface area (Å²) in [7, 11) is -8.06. The van der Waals surface area contributed by atoms with E-state index in [-0.39, 0.29) is 36.7 Å². The monoisotopic (exact) mass is 300 g/mol. The molecule has 0 aliphatic rings. The van der Waals surface area contributed by atoms with Crippen LogP contribution in [0.4, 0.5) is 0 Å². The van der Waals surface area contributed by atoms with Crippen LogP contribution >= 0.6 is 15.2 Å². The van der Waals surface area contributed by atoms with Gasteiger partial charge in [0.25, 0.3) is 0 Å². The lowest BCUT2D eigenvalue weighted by molar-refractivity contribution is 0.225. The van der Waals surface area contributed by atoms with Gasteiger partial charge in [0.15, 0.2) is 0 Å². The van der Waals surface area contributed by atoms with Crippen molar-refractivity contribution < 1.29 is 28.0 Å². The highest BCUT2D eigenvalue weighted by Gasteiger charge is 2.35. The van der Waals surface area contributed by atoms with E-state index >= 15 is 0 Å². The van der Waals surface area contributed by atoms with Crippen molar-refractivity contribution in [2.45, 2.75) is 40.5 Å². The fraction of sp³-hybridized carbons (Fsp3) is 0.800. The van der Waals surface area contributed by atoms with E-state index in [1.807, 2.05) is 0 Å². The van der Waals surface area contributed by atoms with Crippen LogP contribution in [-0.4, -0.2) is 23.0 Å². The van der Waals surface area contributed by atoms with Crippen molar-refractivity contribution in [3.05, 3.63) is 10.6 Å². The second kappa shape index (κ2) is 7.59. The van der Waals surface area contributed by atoms with E-state index in [2.05, 4.69) is 0 Å². The van der Waals surface area contributed by atoms with Crippen molar-refractivity contribution in [3.8, 4) is 0 Å². The summed E-state index contributed by atoms with van der Waals surface area (Å²) in [4.78, 5) is 18.6. The summed E-state index contributed by atoms with van der Waals surface area (Å²) < 4.78 is 34.2. The Bertz CT molecular complexity index is 374. The molecule has 18 heavy (non-hydrogen) atoms. The first-order valence-electron chi connectivity index (χ1n) is 5.94. The Morgan fingerprint density at radius 2 is 1.28 bits per heavy atom. The predicted molar refractivity (Wildman–Crippen MR) is 70.5 cm³/mol. The Morgan fingerprint density at radius 1 is 0.889 bits per heavy atom. The largest absolute Gasteiger partial charge is 0.357 e.